The number of thioether (sulfide) groups is 2. The molecule has 0 saturated carbocycles. The molecule has 0 unspecified atom stereocenters. The monoisotopic (exact) mass is 496 g/mol. The molecule has 5 nitrogen and oxygen atoms in total. The normalized spacial score (nSPS) is 11.1. The van der Waals surface area contributed by atoms with Crippen molar-refractivity contribution in [2.24, 2.45) is 5.10 Å². The van der Waals surface area contributed by atoms with Crippen molar-refractivity contribution in [3.8, 4) is 0 Å². The molecule has 0 atom stereocenters. The third kappa shape index (κ3) is 6.69. The lowest BCUT2D eigenvalue weighted by atomic mass is 10.2. The van der Waals surface area contributed by atoms with E-state index in [1.807, 2.05) is 18.2 Å². The molecular formula is C18H14BrFN4OS3. The molecule has 0 aliphatic rings. The Morgan fingerprint density at radius 2 is 1.93 bits per heavy atom. The number of hydrogen-bond acceptors (Lipinski definition) is 7. The third-order valence-electron chi connectivity index (χ3n) is 3.27. The lowest BCUT2D eigenvalue weighted by Crippen LogP contribution is -2.19. The number of aromatic nitrogens is 2. The van der Waals surface area contributed by atoms with Crippen molar-refractivity contribution in [1.82, 2.24) is 15.6 Å². The molecule has 0 fully saturated rings. The van der Waals surface area contributed by atoms with E-state index in [1.54, 1.807) is 23.9 Å². The molecule has 3 rings (SSSR count). The van der Waals surface area contributed by atoms with Crippen molar-refractivity contribution in [2.45, 2.75) is 14.4 Å². The number of rotatable bonds is 8. The first-order chi connectivity index (χ1) is 13.6. The fraction of sp³-hybridized carbons (Fsp3) is 0.111. The maximum atomic E-state index is 13.6. The summed E-state index contributed by atoms with van der Waals surface area (Å²) in [4.78, 5) is 11.9. The standard InChI is InChI=1S/C18H14BrFN4OS3/c19-14-6-7-15(20)13(8-14)9-21-22-16(25)11-27-18-24-23-17(28-18)26-10-12-4-2-1-3-5-12/h1-9H,10-11H2,(H,22,25)/b21-9-. The average Bonchev–Trinajstić information content (AvgIpc) is 3.16. The summed E-state index contributed by atoms with van der Waals surface area (Å²) < 4.78 is 15.9. The van der Waals surface area contributed by atoms with E-state index in [9.17, 15) is 9.18 Å². The van der Waals surface area contributed by atoms with Gasteiger partial charge in [-0.05, 0) is 23.8 Å². The highest BCUT2D eigenvalue weighted by atomic mass is 79.9. The van der Waals surface area contributed by atoms with Gasteiger partial charge >= 0.3 is 0 Å². The van der Waals surface area contributed by atoms with Gasteiger partial charge in [0.05, 0.1) is 12.0 Å². The highest BCUT2D eigenvalue weighted by Crippen LogP contribution is 2.30. The largest absolute Gasteiger partial charge is 0.272 e. The van der Waals surface area contributed by atoms with E-state index in [2.05, 4.69) is 48.8 Å². The number of halogens is 2. The van der Waals surface area contributed by atoms with Crippen LogP contribution in [0.5, 0.6) is 0 Å². The van der Waals surface area contributed by atoms with E-state index < -0.39 is 5.82 Å². The molecule has 3 aromatic rings. The summed E-state index contributed by atoms with van der Waals surface area (Å²) in [5.74, 6) is 0.257. The van der Waals surface area contributed by atoms with Gasteiger partial charge in [-0.2, -0.15) is 5.10 Å². The predicted octanol–water partition coefficient (Wildman–Crippen LogP) is 4.97. The van der Waals surface area contributed by atoms with Crippen LogP contribution in [0.3, 0.4) is 0 Å². The number of amides is 1. The van der Waals surface area contributed by atoms with Gasteiger partial charge in [0.25, 0.3) is 5.91 Å². The Bertz CT molecular complexity index is 968. The Morgan fingerprint density at radius 3 is 2.71 bits per heavy atom. The molecule has 1 N–H and O–H groups in total. The van der Waals surface area contributed by atoms with Gasteiger partial charge in [-0.15, -0.1) is 10.2 Å². The Balaban J connectivity index is 1.43. The van der Waals surface area contributed by atoms with Crippen LogP contribution in [0.25, 0.3) is 0 Å². The van der Waals surface area contributed by atoms with Crippen molar-refractivity contribution in [3.05, 3.63) is 69.9 Å². The zero-order valence-corrected chi connectivity index (χ0v) is 18.4. The van der Waals surface area contributed by atoms with Crippen molar-refractivity contribution in [2.75, 3.05) is 5.75 Å². The number of nitrogens with one attached hydrogen (secondary N) is 1. The molecule has 0 spiro atoms. The molecule has 28 heavy (non-hydrogen) atoms. The molecule has 1 amide bonds. The van der Waals surface area contributed by atoms with E-state index >= 15 is 0 Å². The Morgan fingerprint density at radius 1 is 1.18 bits per heavy atom. The lowest BCUT2D eigenvalue weighted by molar-refractivity contribution is -0.118. The van der Waals surface area contributed by atoms with E-state index in [-0.39, 0.29) is 17.2 Å². The summed E-state index contributed by atoms with van der Waals surface area (Å²) in [6, 6.07) is 14.6. The van der Waals surface area contributed by atoms with Crippen LogP contribution < -0.4 is 5.43 Å². The van der Waals surface area contributed by atoms with Gasteiger partial charge in [0.2, 0.25) is 0 Å². The number of nitrogens with zero attached hydrogens (tertiary/aromatic N) is 3. The molecule has 2 aromatic carbocycles. The van der Waals surface area contributed by atoms with Crippen LogP contribution in [-0.2, 0) is 10.5 Å². The Hall–Kier alpha value is -1.75. The van der Waals surface area contributed by atoms with Crippen LogP contribution in [0.2, 0.25) is 0 Å². The number of benzene rings is 2. The molecule has 0 radical (unpaired) electrons. The Kier molecular flexibility index (Phi) is 8.01. The first-order valence-electron chi connectivity index (χ1n) is 8.00. The highest BCUT2D eigenvalue weighted by Gasteiger charge is 2.09. The van der Waals surface area contributed by atoms with Crippen molar-refractivity contribution in [3.63, 3.8) is 0 Å². The van der Waals surface area contributed by atoms with Crippen molar-refractivity contribution < 1.29 is 9.18 Å². The van der Waals surface area contributed by atoms with Gasteiger partial charge in [0, 0.05) is 15.8 Å². The Labute approximate surface area is 182 Å². The van der Waals surface area contributed by atoms with Gasteiger partial charge in [0.1, 0.15) is 5.82 Å². The van der Waals surface area contributed by atoms with Crippen molar-refractivity contribution >= 4 is 62.9 Å². The van der Waals surface area contributed by atoms with Crippen LogP contribution in [-0.4, -0.2) is 28.1 Å². The van der Waals surface area contributed by atoms with Crippen LogP contribution in [0.1, 0.15) is 11.1 Å². The quantitative estimate of drug-likeness (QED) is 0.270. The van der Waals surface area contributed by atoms with E-state index in [4.69, 9.17) is 0 Å². The first-order valence-corrected chi connectivity index (χ1v) is 11.6. The maximum absolute atomic E-state index is 13.6. The highest BCUT2D eigenvalue weighted by molar-refractivity contribution is 9.10. The van der Waals surface area contributed by atoms with Gasteiger partial charge in [-0.25, -0.2) is 9.82 Å². The summed E-state index contributed by atoms with van der Waals surface area (Å²) >= 11 is 7.61. The second kappa shape index (κ2) is 10.7. The fourth-order valence-corrected chi connectivity index (χ4v) is 5.13. The zero-order valence-electron chi connectivity index (χ0n) is 14.3. The summed E-state index contributed by atoms with van der Waals surface area (Å²) in [6.45, 7) is 0. The molecule has 0 saturated heterocycles. The number of hydrogen-bond donors (Lipinski definition) is 1. The second-order valence-corrected chi connectivity index (χ2v) is 9.69. The summed E-state index contributed by atoms with van der Waals surface area (Å²) in [5.41, 5.74) is 3.88. The average molecular weight is 497 g/mol. The number of carbonyl (C=O) groups excluding carboxylic acids is 1. The van der Waals surface area contributed by atoms with Gasteiger partial charge < -0.3 is 0 Å². The lowest BCUT2D eigenvalue weighted by Gasteiger charge is -1.99. The van der Waals surface area contributed by atoms with Gasteiger partial charge in [-0.1, -0.05) is 81.1 Å². The van der Waals surface area contributed by atoms with Crippen LogP contribution >= 0.6 is 50.8 Å². The summed E-state index contributed by atoms with van der Waals surface area (Å²) in [6.07, 6.45) is 1.27. The van der Waals surface area contributed by atoms with E-state index in [0.29, 0.717) is 4.34 Å². The fourth-order valence-electron chi connectivity index (χ4n) is 1.98. The topological polar surface area (TPSA) is 67.2 Å². The second-order valence-electron chi connectivity index (χ2n) is 5.36. The smallest absolute Gasteiger partial charge is 0.250 e. The molecule has 1 aromatic heterocycles. The predicted molar refractivity (Wildman–Crippen MR) is 116 cm³/mol. The van der Waals surface area contributed by atoms with Gasteiger partial charge in [-0.3, -0.25) is 4.79 Å². The van der Waals surface area contributed by atoms with Crippen LogP contribution in [0, 0.1) is 5.82 Å². The zero-order chi connectivity index (χ0) is 19.8. The third-order valence-corrected chi connectivity index (χ3v) is 7.03. The van der Waals surface area contributed by atoms with Crippen LogP contribution in [0.15, 0.2) is 66.8 Å². The molecule has 1 heterocycles. The van der Waals surface area contributed by atoms with Crippen molar-refractivity contribution in [1.29, 1.82) is 0 Å². The SMILES string of the molecule is O=C(CSc1nnc(SCc2ccccc2)s1)N/N=C\c1cc(Br)ccc1F. The molecule has 144 valence electrons. The van der Waals surface area contributed by atoms with E-state index in [1.165, 1.54) is 40.9 Å². The number of carbonyl (C=O) groups is 1. The van der Waals surface area contributed by atoms with E-state index in [0.717, 1.165) is 14.6 Å². The molecule has 0 bridgehead atoms. The first kappa shape index (κ1) is 21.0. The molecule has 0 aliphatic heterocycles. The minimum absolute atomic E-state index is 0.149. The van der Waals surface area contributed by atoms with Gasteiger partial charge in [0.15, 0.2) is 8.68 Å². The molecule has 10 heteroatoms. The maximum Gasteiger partial charge on any atom is 0.250 e. The minimum Gasteiger partial charge on any atom is -0.272 e. The summed E-state index contributed by atoms with van der Waals surface area (Å²) in [7, 11) is 0. The minimum atomic E-state index is -0.412. The van der Waals surface area contributed by atoms with Crippen LogP contribution in [0.4, 0.5) is 4.39 Å². The summed E-state index contributed by atoms with van der Waals surface area (Å²) in [5, 5.41) is 12.0. The number of hydrazone groups is 1. The molecule has 0 aliphatic carbocycles. The molecular weight excluding hydrogens is 483 g/mol.